The van der Waals surface area contributed by atoms with E-state index in [2.05, 4.69) is 10.0 Å². The van der Waals surface area contributed by atoms with Gasteiger partial charge < -0.3 is 14.8 Å². The zero-order valence-corrected chi connectivity index (χ0v) is 13.1. The van der Waals surface area contributed by atoms with Crippen LogP contribution in [0.1, 0.15) is 6.42 Å². The predicted octanol–water partition coefficient (Wildman–Crippen LogP) is 0.767. The van der Waals surface area contributed by atoms with Crippen molar-refractivity contribution >= 4 is 22.4 Å². The van der Waals surface area contributed by atoms with Crippen LogP contribution in [-0.2, 0) is 10.0 Å². The zero-order chi connectivity index (χ0) is 14.0. The fourth-order valence-corrected chi connectivity index (χ4v) is 3.52. The molecule has 1 aromatic rings. The van der Waals surface area contributed by atoms with Crippen molar-refractivity contribution in [1.29, 1.82) is 0 Å². The maximum absolute atomic E-state index is 12.2. The van der Waals surface area contributed by atoms with Gasteiger partial charge in [-0.1, -0.05) is 0 Å². The van der Waals surface area contributed by atoms with Crippen LogP contribution in [0, 0.1) is 5.92 Å². The third-order valence-electron chi connectivity index (χ3n) is 3.55. The Morgan fingerprint density at radius 3 is 2.71 bits per heavy atom. The molecule has 2 aliphatic rings. The second-order valence-electron chi connectivity index (χ2n) is 5.02. The fraction of sp³-hybridized carbons (Fsp3) is 0.538. The van der Waals surface area contributed by atoms with Crippen LogP contribution in [0.25, 0.3) is 0 Å². The minimum Gasteiger partial charge on any atom is -0.486 e. The molecule has 0 aliphatic carbocycles. The molecule has 0 radical (unpaired) electrons. The first kappa shape index (κ1) is 16.4. The Balaban J connectivity index is 0.00000161. The first-order valence-electron chi connectivity index (χ1n) is 6.75. The number of sulfonamides is 1. The van der Waals surface area contributed by atoms with Crippen LogP contribution in [-0.4, -0.2) is 41.3 Å². The molecular weight excluding hydrogens is 316 g/mol. The summed E-state index contributed by atoms with van der Waals surface area (Å²) < 4.78 is 37.9. The summed E-state index contributed by atoms with van der Waals surface area (Å²) in [6.45, 7) is 3.22. The van der Waals surface area contributed by atoms with E-state index in [4.69, 9.17) is 9.47 Å². The van der Waals surface area contributed by atoms with Gasteiger partial charge in [-0.2, -0.15) is 0 Å². The SMILES string of the molecule is Cl.O=S(=O)(NCC1CCNC1)c1ccc2c(c1)OCCO2. The molecule has 2 N–H and O–H groups in total. The summed E-state index contributed by atoms with van der Waals surface area (Å²) in [5.41, 5.74) is 0. The van der Waals surface area contributed by atoms with Crippen LogP contribution in [0.3, 0.4) is 0 Å². The van der Waals surface area contributed by atoms with Gasteiger partial charge in [-0.3, -0.25) is 0 Å². The van der Waals surface area contributed by atoms with Gasteiger partial charge in [0.25, 0.3) is 0 Å². The van der Waals surface area contributed by atoms with Gasteiger partial charge in [0.05, 0.1) is 4.90 Å². The van der Waals surface area contributed by atoms with Crippen LogP contribution in [0.2, 0.25) is 0 Å². The second kappa shape index (κ2) is 6.83. The van der Waals surface area contributed by atoms with Crippen LogP contribution >= 0.6 is 12.4 Å². The highest BCUT2D eigenvalue weighted by atomic mass is 35.5. The predicted molar refractivity (Wildman–Crippen MR) is 80.8 cm³/mol. The summed E-state index contributed by atoms with van der Waals surface area (Å²) in [5, 5.41) is 3.22. The molecule has 2 heterocycles. The first-order valence-corrected chi connectivity index (χ1v) is 8.23. The van der Waals surface area contributed by atoms with E-state index in [0.717, 1.165) is 19.5 Å². The molecule has 0 saturated carbocycles. The van der Waals surface area contributed by atoms with E-state index in [1.165, 1.54) is 6.07 Å². The monoisotopic (exact) mass is 334 g/mol. The largest absolute Gasteiger partial charge is 0.486 e. The van der Waals surface area contributed by atoms with Crippen LogP contribution in [0.4, 0.5) is 0 Å². The highest BCUT2D eigenvalue weighted by molar-refractivity contribution is 7.89. The van der Waals surface area contributed by atoms with E-state index in [0.29, 0.717) is 37.2 Å². The summed E-state index contributed by atoms with van der Waals surface area (Å²) in [6, 6.07) is 4.70. The van der Waals surface area contributed by atoms with E-state index in [1.807, 2.05) is 0 Å². The van der Waals surface area contributed by atoms with E-state index in [9.17, 15) is 8.42 Å². The third kappa shape index (κ3) is 3.79. The van der Waals surface area contributed by atoms with Crippen molar-refractivity contribution in [3.8, 4) is 11.5 Å². The standard InChI is InChI=1S/C13H18N2O4S.ClH/c16-20(17,15-9-10-3-4-14-8-10)11-1-2-12-13(7-11)19-6-5-18-12;/h1-2,7,10,14-15H,3-6,8-9H2;1H. The Labute approximate surface area is 130 Å². The Morgan fingerprint density at radius 2 is 2.00 bits per heavy atom. The van der Waals surface area contributed by atoms with Gasteiger partial charge in [0.2, 0.25) is 10.0 Å². The maximum Gasteiger partial charge on any atom is 0.240 e. The average molecular weight is 335 g/mol. The topological polar surface area (TPSA) is 76.7 Å². The molecule has 0 spiro atoms. The molecule has 2 aliphatic heterocycles. The van der Waals surface area contributed by atoms with Gasteiger partial charge in [0, 0.05) is 12.6 Å². The van der Waals surface area contributed by atoms with Crippen molar-refractivity contribution in [2.24, 2.45) is 5.92 Å². The van der Waals surface area contributed by atoms with Crippen molar-refractivity contribution in [3.05, 3.63) is 18.2 Å². The molecule has 1 fully saturated rings. The summed E-state index contributed by atoms with van der Waals surface area (Å²) >= 11 is 0. The molecule has 0 aromatic heterocycles. The van der Waals surface area contributed by atoms with Gasteiger partial charge in [0.15, 0.2) is 11.5 Å². The Hall–Kier alpha value is -1.02. The lowest BCUT2D eigenvalue weighted by Crippen LogP contribution is -2.30. The lowest BCUT2D eigenvalue weighted by Gasteiger charge is -2.19. The number of fused-ring (bicyclic) bond motifs is 1. The Kier molecular flexibility index (Phi) is 5.32. The number of benzene rings is 1. The van der Waals surface area contributed by atoms with Gasteiger partial charge >= 0.3 is 0 Å². The van der Waals surface area contributed by atoms with Gasteiger partial charge in [0.1, 0.15) is 13.2 Å². The Bertz CT molecular complexity index is 588. The summed E-state index contributed by atoms with van der Waals surface area (Å²) in [6.07, 6.45) is 1.00. The number of hydrogen-bond acceptors (Lipinski definition) is 5. The van der Waals surface area contributed by atoms with E-state index in [-0.39, 0.29) is 17.3 Å². The zero-order valence-electron chi connectivity index (χ0n) is 11.5. The molecule has 0 amide bonds. The van der Waals surface area contributed by atoms with Crippen LogP contribution in [0.15, 0.2) is 23.1 Å². The fourth-order valence-electron chi connectivity index (χ4n) is 2.39. The molecule has 0 bridgehead atoms. The first-order chi connectivity index (χ1) is 9.65. The van der Waals surface area contributed by atoms with Crippen molar-refractivity contribution in [2.45, 2.75) is 11.3 Å². The van der Waals surface area contributed by atoms with Crippen molar-refractivity contribution in [1.82, 2.24) is 10.0 Å². The molecule has 3 rings (SSSR count). The molecule has 6 nitrogen and oxygen atoms in total. The highest BCUT2D eigenvalue weighted by Crippen LogP contribution is 2.32. The van der Waals surface area contributed by atoms with E-state index in [1.54, 1.807) is 12.1 Å². The number of halogens is 1. The van der Waals surface area contributed by atoms with E-state index < -0.39 is 10.0 Å². The minimum absolute atomic E-state index is 0. The number of ether oxygens (including phenoxy) is 2. The summed E-state index contributed by atoms with van der Waals surface area (Å²) in [7, 11) is -3.49. The van der Waals surface area contributed by atoms with Gasteiger partial charge in [-0.15, -0.1) is 12.4 Å². The van der Waals surface area contributed by atoms with Crippen LogP contribution in [0.5, 0.6) is 11.5 Å². The third-order valence-corrected chi connectivity index (χ3v) is 4.97. The quantitative estimate of drug-likeness (QED) is 0.850. The Morgan fingerprint density at radius 1 is 1.24 bits per heavy atom. The number of rotatable bonds is 4. The van der Waals surface area contributed by atoms with Crippen molar-refractivity contribution < 1.29 is 17.9 Å². The lowest BCUT2D eigenvalue weighted by atomic mass is 10.1. The summed E-state index contributed by atoms with van der Waals surface area (Å²) in [4.78, 5) is 0.215. The maximum atomic E-state index is 12.2. The lowest BCUT2D eigenvalue weighted by molar-refractivity contribution is 0.171. The summed E-state index contributed by atoms with van der Waals surface area (Å²) in [5.74, 6) is 1.44. The molecule has 1 saturated heterocycles. The minimum atomic E-state index is -3.49. The van der Waals surface area contributed by atoms with E-state index >= 15 is 0 Å². The van der Waals surface area contributed by atoms with Crippen LogP contribution < -0.4 is 19.5 Å². The normalized spacial score (nSPS) is 20.9. The molecule has 118 valence electrons. The number of nitrogens with one attached hydrogen (secondary N) is 2. The molecule has 21 heavy (non-hydrogen) atoms. The average Bonchev–Trinajstić information content (AvgIpc) is 2.98. The molecule has 8 heteroatoms. The van der Waals surface area contributed by atoms with Crippen molar-refractivity contribution in [2.75, 3.05) is 32.8 Å². The van der Waals surface area contributed by atoms with Gasteiger partial charge in [-0.25, -0.2) is 13.1 Å². The molecule has 1 unspecified atom stereocenters. The smallest absolute Gasteiger partial charge is 0.240 e. The second-order valence-corrected chi connectivity index (χ2v) is 6.78. The number of hydrogen-bond donors (Lipinski definition) is 2. The highest BCUT2D eigenvalue weighted by Gasteiger charge is 2.21. The molecule has 1 atom stereocenters. The van der Waals surface area contributed by atoms with Crippen molar-refractivity contribution in [3.63, 3.8) is 0 Å². The molecule has 1 aromatic carbocycles. The molecular formula is C13H19ClN2O4S. The van der Waals surface area contributed by atoms with Gasteiger partial charge in [-0.05, 0) is 37.6 Å².